The summed E-state index contributed by atoms with van der Waals surface area (Å²) >= 11 is 0. The molecule has 1 aliphatic rings. The average Bonchev–Trinajstić information content (AvgIpc) is 4.12. The standard InChI is InChI=1S/C29H43N5O8.C29H41NO8/c1-2-36-11-12-38-15-16-40-19-20-41-18-17-39-14-13-37-10-9-25(35)8-7-23-3-5-24(6-4-23)21-42-28-26-27(32-22-31-26)33-29(30)34-28;1-2-32-13-14-34-17-18-36-21-22-37-20-19-35-16-15-33-12-11-30-29(31)38-23-28-26-9-5-3-7-24(26)25-8-4-6-10-27(25)28/h3-6,22H,2,7-21H2,1H3,(H3,30,31,32,33,34);3-10,28H,2,11-23H2,1H3,(H,30,31). The molecule has 0 bridgehead atoms. The van der Waals surface area contributed by atoms with Crippen molar-refractivity contribution in [3.05, 3.63) is 101 Å². The van der Waals surface area contributed by atoms with Gasteiger partial charge >= 0.3 is 6.09 Å². The first-order chi connectivity index (χ1) is 39.5. The highest BCUT2D eigenvalue weighted by Gasteiger charge is 2.29. The van der Waals surface area contributed by atoms with Crippen LogP contribution < -0.4 is 15.8 Å². The topological polar surface area (TPSA) is 256 Å². The van der Waals surface area contributed by atoms with Gasteiger partial charge in [0.1, 0.15) is 24.5 Å². The first-order valence-electron chi connectivity index (χ1n) is 27.7. The zero-order valence-corrected chi connectivity index (χ0v) is 46.7. The fourth-order valence-corrected chi connectivity index (χ4v) is 7.84. The Morgan fingerprint density at radius 1 is 0.525 bits per heavy atom. The number of ether oxygens (including phenoxy) is 14. The Morgan fingerprint density at radius 3 is 1.45 bits per heavy atom. The van der Waals surface area contributed by atoms with Crippen molar-refractivity contribution in [2.45, 2.75) is 45.6 Å². The lowest BCUT2D eigenvalue weighted by molar-refractivity contribution is -0.120. The fourth-order valence-electron chi connectivity index (χ4n) is 7.84. The van der Waals surface area contributed by atoms with Gasteiger partial charge in [-0.25, -0.2) is 9.78 Å². The number of aromatic amines is 1. The number of amides is 1. The van der Waals surface area contributed by atoms with Crippen LogP contribution in [0.3, 0.4) is 0 Å². The Kier molecular flexibility index (Phi) is 34.3. The summed E-state index contributed by atoms with van der Waals surface area (Å²) < 4.78 is 76.1. The molecular weight excluding hydrogens is 1040 g/mol. The summed E-state index contributed by atoms with van der Waals surface area (Å²) in [5.74, 6) is 0.681. The number of hydrogen-bond donors (Lipinski definition) is 3. The van der Waals surface area contributed by atoms with E-state index in [0.29, 0.717) is 215 Å². The molecule has 3 aromatic carbocycles. The lowest BCUT2D eigenvalue weighted by atomic mass is 9.98. The molecule has 0 unspecified atom stereocenters. The van der Waals surface area contributed by atoms with Crippen LogP contribution in [0.5, 0.6) is 5.88 Å². The molecule has 0 saturated heterocycles. The number of nitrogen functional groups attached to an aromatic ring is 1. The van der Waals surface area contributed by atoms with Gasteiger partial charge in [0.05, 0.1) is 152 Å². The molecule has 442 valence electrons. The third kappa shape index (κ3) is 27.2. The number of benzene rings is 3. The van der Waals surface area contributed by atoms with Crippen LogP contribution in [0, 0.1) is 0 Å². The Hall–Kier alpha value is -5.73. The molecule has 0 atom stereocenters. The third-order valence-electron chi connectivity index (χ3n) is 11.9. The van der Waals surface area contributed by atoms with Crippen molar-refractivity contribution >= 4 is 29.0 Å². The number of ketones is 1. The number of rotatable bonds is 46. The molecule has 0 fully saturated rings. The maximum Gasteiger partial charge on any atom is 0.407 e. The molecule has 4 N–H and O–H groups in total. The number of alkyl carbamates (subject to hydrolysis) is 1. The van der Waals surface area contributed by atoms with Crippen LogP contribution >= 0.6 is 0 Å². The maximum atomic E-state index is 12.2. The average molecular weight is 1120 g/mol. The summed E-state index contributed by atoms with van der Waals surface area (Å²) in [5, 5.41) is 2.74. The summed E-state index contributed by atoms with van der Waals surface area (Å²) in [6, 6.07) is 24.5. The van der Waals surface area contributed by atoms with Gasteiger partial charge in [-0.3, -0.25) is 4.79 Å². The number of anilines is 1. The molecule has 0 aliphatic heterocycles. The predicted octanol–water partition coefficient (Wildman–Crippen LogP) is 6.17. The van der Waals surface area contributed by atoms with Crippen LogP contribution in [-0.4, -0.2) is 204 Å². The highest BCUT2D eigenvalue weighted by atomic mass is 16.6. The summed E-state index contributed by atoms with van der Waals surface area (Å²) in [5.41, 5.74) is 13.6. The Bertz CT molecular complexity index is 2350. The number of fused-ring (bicyclic) bond motifs is 4. The molecule has 1 aliphatic carbocycles. The number of aryl methyl sites for hydroxylation is 1. The number of nitrogens with one attached hydrogen (secondary N) is 2. The molecule has 0 saturated carbocycles. The number of carbonyl (C=O) groups is 2. The molecule has 22 nitrogen and oxygen atoms in total. The van der Waals surface area contributed by atoms with Crippen LogP contribution in [0.4, 0.5) is 10.7 Å². The molecular formula is C58H84N6O16. The highest BCUT2D eigenvalue weighted by Crippen LogP contribution is 2.44. The van der Waals surface area contributed by atoms with Crippen LogP contribution in [0.2, 0.25) is 0 Å². The van der Waals surface area contributed by atoms with E-state index in [1.807, 2.05) is 62.4 Å². The van der Waals surface area contributed by atoms with E-state index in [2.05, 4.69) is 49.5 Å². The van der Waals surface area contributed by atoms with E-state index in [9.17, 15) is 9.59 Å². The minimum Gasteiger partial charge on any atom is -0.471 e. The van der Waals surface area contributed by atoms with Crippen molar-refractivity contribution in [3.63, 3.8) is 0 Å². The summed E-state index contributed by atoms with van der Waals surface area (Å²) in [6.45, 7) is 17.5. The smallest absolute Gasteiger partial charge is 0.407 e. The molecule has 2 aromatic heterocycles. The number of aromatic nitrogens is 4. The van der Waals surface area contributed by atoms with Gasteiger partial charge in [0, 0.05) is 38.5 Å². The number of Topliss-reactive ketones (excluding diaryl/α,β-unsaturated/α-hetero) is 1. The Balaban J connectivity index is 0.000000295. The van der Waals surface area contributed by atoms with E-state index in [1.54, 1.807) is 0 Å². The van der Waals surface area contributed by atoms with Crippen molar-refractivity contribution in [2.24, 2.45) is 0 Å². The molecule has 0 spiro atoms. The van der Waals surface area contributed by atoms with Crippen molar-refractivity contribution in [3.8, 4) is 17.0 Å². The molecule has 5 aromatic rings. The summed E-state index contributed by atoms with van der Waals surface area (Å²) in [6.07, 6.45) is 2.60. The van der Waals surface area contributed by atoms with Gasteiger partial charge in [0.25, 0.3) is 0 Å². The quantitative estimate of drug-likeness (QED) is 0.0368. The lowest BCUT2D eigenvalue weighted by Crippen LogP contribution is -2.29. The van der Waals surface area contributed by atoms with E-state index in [-0.39, 0.29) is 17.6 Å². The SMILES string of the molecule is CCOCCOCCOCCOCCOCCOCCC(=O)CCc1ccc(COc2nc(N)nc3nc[nH]c23)cc1.CCOCCOCCOCCOCCOCCOCCNC(=O)OCC1c2ccccc2-c2ccccc21. The number of nitrogens with zero attached hydrogens (tertiary/aromatic N) is 3. The first kappa shape index (κ1) is 65.1. The van der Waals surface area contributed by atoms with E-state index in [0.717, 1.165) is 11.1 Å². The van der Waals surface area contributed by atoms with Gasteiger partial charge in [0.2, 0.25) is 11.8 Å². The van der Waals surface area contributed by atoms with Crippen molar-refractivity contribution < 1.29 is 75.9 Å². The normalized spacial score (nSPS) is 11.8. The predicted molar refractivity (Wildman–Crippen MR) is 299 cm³/mol. The maximum absolute atomic E-state index is 12.2. The Morgan fingerprint density at radius 2 is 0.963 bits per heavy atom. The minimum absolute atomic E-state index is 0.0497. The van der Waals surface area contributed by atoms with E-state index in [1.165, 1.54) is 28.6 Å². The second-order valence-electron chi connectivity index (χ2n) is 17.7. The largest absolute Gasteiger partial charge is 0.471 e. The van der Waals surface area contributed by atoms with E-state index < -0.39 is 6.09 Å². The van der Waals surface area contributed by atoms with Gasteiger partial charge in [-0.15, -0.1) is 0 Å². The lowest BCUT2D eigenvalue weighted by Gasteiger charge is -2.14. The van der Waals surface area contributed by atoms with Crippen molar-refractivity contribution in [1.29, 1.82) is 0 Å². The van der Waals surface area contributed by atoms with Crippen LogP contribution in [-0.2, 0) is 79.4 Å². The molecule has 0 radical (unpaired) electrons. The van der Waals surface area contributed by atoms with Crippen molar-refractivity contribution in [1.82, 2.24) is 25.3 Å². The van der Waals surface area contributed by atoms with Gasteiger partial charge in [-0.2, -0.15) is 9.97 Å². The first-order valence-corrected chi connectivity index (χ1v) is 27.7. The highest BCUT2D eigenvalue weighted by molar-refractivity contribution is 5.80. The molecule has 6 rings (SSSR count). The zero-order valence-electron chi connectivity index (χ0n) is 46.7. The zero-order chi connectivity index (χ0) is 56.3. The number of nitrogens with two attached hydrogens (primary N) is 1. The summed E-state index contributed by atoms with van der Waals surface area (Å²) in [4.78, 5) is 39.6. The third-order valence-corrected chi connectivity index (χ3v) is 11.9. The molecule has 80 heavy (non-hydrogen) atoms. The van der Waals surface area contributed by atoms with Crippen LogP contribution in [0.1, 0.15) is 54.9 Å². The number of carbonyl (C=O) groups excluding carboxylic acids is 2. The van der Waals surface area contributed by atoms with Crippen molar-refractivity contribution in [2.75, 3.05) is 177 Å². The van der Waals surface area contributed by atoms with Crippen LogP contribution in [0.25, 0.3) is 22.3 Å². The van der Waals surface area contributed by atoms with Gasteiger partial charge < -0.3 is 82.4 Å². The number of H-pyrrole nitrogens is 1. The number of imidazole rings is 1. The van der Waals surface area contributed by atoms with E-state index in [4.69, 9.17) is 72.0 Å². The number of hydrogen-bond acceptors (Lipinski definition) is 20. The minimum atomic E-state index is -0.443. The molecule has 1 amide bonds. The monoisotopic (exact) mass is 1120 g/mol. The van der Waals surface area contributed by atoms with Crippen LogP contribution in [0.15, 0.2) is 79.1 Å². The van der Waals surface area contributed by atoms with Gasteiger partial charge in [-0.1, -0.05) is 72.8 Å². The van der Waals surface area contributed by atoms with E-state index >= 15 is 0 Å². The fraction of sp³-hybridized carbons (Fsp3) is 0.569. The molecule has 22 heteroatoms. The van der Waals surface area contributed by atoms with Gasteiger partial charge in [0.15, 0.2) is 5.65 Å². The second-order valence-corrected chi connectivity index (χ2v) is 17.7. The summed E-state index contributed by atoms with van der Waals surface area (Å²) in [7, 11) is 0. The second kappa shape index (κ2) is 42.2. The molecule has 2 heterocycles. The van der Waals surface area contributed by atoms with Gasteiger partial charge in [-0.05, 0) is 53.6 Å². The Labute approximate surface area is 470 Å².